The molecule has 3 rings (SSSR count). The molecule has 138 valence electrons. The van der Waals surface area contributed by atoms with Gasteiger partial charge in [0.1, 0.15) is 16.9 Å². The Morgan fingerprint density at radius 3 is 2.19 bits per heavy atom. The van der Waals surface area contributed by atoms with Gasteiger partial charge in [-0.05, 0) is 11.6 Å². The maximum Gasteiger partial charge on any atom is 0.348 e. The molecule has 0 atom stereocenters. The van der Waals surface area contributed by atoms with Crippen LogP contribution in [0.1, 0.15) is 11.1 Å². The summed E-state index contributed by atoms with van der Waals surface area (Å²) < 4.78 is 21.2. The zero-order valence-corrected chi connectivity index (χ0v) is 15.1. The van der Waals surface area contributed by atoms with Gasteiger partial charge in [0.15, 0.2) is 11.5 Å². The van der Waals surface area contributed by atoms with Crippen LogP contribution in [0.4, 0.5) is 0 Å². The van der Waals surface area contributed by atoms with E-state index in [1.54, 1.807) is 48.5 Å². The number of hydrogen-bond donors (Lipinski definition) is 0. The van der Waals surface area contributed by atoms with Gasteiger partial charge in [0.2, 0.25) is 0 Å². The van der Waals surface area contributed by atoms with Crippen LogP contribution in [0.2, 0.25) is 0 Å². The van der Waals surface area contributed by atoms with Crippen molar-refractivity contribution >= 4 is 23.1 Å². The lowest BCUT2D eigenvalue weighted by Crippen LogP contribution is -2.10. The van der Waals surface area contributed by atoms with E-state index in [1.165, 1.54) is 21.3 Å². The lowest BCUT2D eigenvalue weighted by Gasteiger charge is -2.13. The number of cyclic esters (lactones) is 1. The first-order valence-corrected chi connectivity index (χ1v) is 8.14. The van der Waals surface area contributed by atoms with E-state index in [9.17, 15) is 9.59 Å². The molecule has 0 aliphatic carbocycles. The summed E-state index contributed by atoms with van der Waals surface area (Å²) >= 11 is 0. The molecule has 0 N–H and O–H groups in total. The summed E-state index contributed by atoms with van der Waals surface area (Å²) in [5, 5.41) is 0. The molecule has 1 aliphatic heterocycles. The fourth-order valence-corrected chi connectivity index (χ4v) is 2.89. The third-order valence-electron chi connectivity index (χ3n) is 4.09. The molecule has 6 nitrogen and oxygen atoms in total. The van der Waals surface area contributed by atoms with Gasteiger partial charge < -0.3 is 18.9 Å². The van der Waals surface area contributed by atoms with Gasteiger partial charge in [-0.15, -0.1) is 0 Å². The van der Waals surface area contributed by atoms with Crippen LogP contribution in [-0.2, 0) is 23.8 Å². The molecule has 2 aromatic rings. The Labute approximate surface area is 156 Å². The number of carbonyl (C=O) groups excluding carboxylic acids is 2. The third-order valence-corrected chi connectivity index (χ3v) is 4.09. The van der Waals surface area contributed by atoms with E-state index in [-0.39, 0.29) is 22.7 Å². The standard InChI is InChI=1S/C21H18O6/c1-24-15-12-8-7-11-14(15)17(20(22)26-3)19-18(25-2)16(21(23)27-19)13-9-5-4-6-10-13/h4-12H,1-3H3/b19-17+. The summed E-state index contributed by atoms with van der Waals surface area (Å²) in [7, 11) is 4.16. The van der Waals surface area contributed by atoms with Crippen LogP contribution >= 0.6 is 0 Å². The minimum Gasteiger partial charge on any atom is -0.496 e. The van der Waals surface area contributed by atoms with E-state index >= 15 is 0 Å². The Balaban J connectivity index is 2.30. The van der Waals surface area contributed by atoms with Gasteiger partial charge >= 0.3 is 11.9 Å². The fourth-order valence-electron chi connectivity index (χ4n) is 2.89. The van der Waals surface area contributed by atoms with E-state index < -0.39 is 11.9 Å². The number of carbonyl (C=O) groups is 2. The zero-order chi connectivity index (χ0) is 19.4. The maximum absolute atomic E-state index is 12.6. The number of benzene rings is 2. The minimum atomic E-state index is -0.675. The van der Waals surface area contributed by atoms with Crippen molar-refractivity contribution in [1.82, 2.24) is 0 Å². The molecule has 0 radical (unpaired) electrons. The van der Waals surface area contributed by atoms with Crippen LogP contribution in [0.5, 0.6) is 5.75 Å². The Morgan fingerprint density at radius 1 is 0.889 bits per heavy atom. The van der Waals surface area contributed by atoms with Crippen molar-refractivity contribution in [1.29, 1.82) is 0 Å². The number of ether oxygens (including phenoxy) is 4. The number of hydrogen-bond acceptors (Lipinski definition) is 6. The average molecular weight is 366 g/mol. The van der Waals surface area contributed by atoms with E-state index in [1.807, 2.05) is 6.07 Å². The molecule has 0 unspecified atom stereocenters. The van der Waals surface area contributed by atoms with Crippen molar-refractivity contribution in [3.63, 3.8) is 0 Å². The average Bonchev–Trinajstić information content (AvgIpc) is 3.04. The normalized spacial score (nSPS) is 15.3. The molecule has 1 aliphatic rings. The molecule has 0 saturated carbocycles. The minimum absolute atomic E-state index is 0.00213. The Morgan fingerprint density at radius 2 is 1.56 bits per heavy atom. The first-order chi connectivity index (χ1) is 13.1. The van der Waals surface area contributed by atoms with Crippen LogP contribution in [-0.4, -0.2) is 33.3 Å². The van der Waals surface area contributed by atoms with E-state index in [2.05, 4.69) is 0 Å². The van der Waals surface area contributed by atoms with E-state index in [0.717, 1.165) is 0 Å². The Kier molecular flexibility index (Phi) is 5.26. The molecule has 0 fully saturated rings. The quantitative estimate of drug-likeness (QED) is 0.598. The molecule has 2 aromatic carbocycles. The highest BCUT2D eigenvalue weighted by Crippen LogP contribution is 2.40. The highest BCUT2D eigenvalue weighted by molar-refractivity contribution is 6.25. The summed E-state index contributed by atoms with van der Waals surface area (Å²) in [6.07, 6.45) is 0. The van der Waals surface area contributed by atoms with Crippen LogP contribution in [0, 0.1) is 0 Å². The molecule has 6 heteroatoms. The molecule has 27 heavy (non-hydrogen) atoms. The van der Waals surface area contributed by atoms with Gasteiger partial charge in [0.05, 0.1) is 21.3 Å². The summed E-state index contributed by atoms with van der Waals surface area (Å²) in [5.74, 6) is -0.684. The van der Waals surface area contributed by atoms with Gasteiger partial charge in [0.25, 0.3) is 0 Å². The van der Waals surface area contributed by atoms with E-state index in [4.69, 9.17) is 18.9 Å². The largest absolute Gasteiger partial charge is 0.496 e. The van der Waals surface area contributed by atoms with Crippen molar-refractivity contribution in [2.45, 2.75) is 0 Å². The second kappa shape index (κ2) is 7.78. The number of rotatable bonds is 5. The van der Waals surface area contributed by atoms with Crippen LogP contribution in [0.15, 0.2) is 66.1 Å². The topological polar surface area (TPSA) is 71.1 Å². The summed E-state index contributed by atoms with van der Waals surface area (Å²) in [5.41, 5.74) is 1.34. The fraction of sp³-hybridized carbons (Fsp3) is 0.143. The smallest absolute Gasteiger partial charge is 0.348 e. The second-order valence-electron chi connectivity index (χ2n) is 5.56. The lowest BCUT2D eigenvalue weighted by atomic mass is 10.0. The summed E-state index contributed by atoms with van der Waals surface area (Å²) in [6, 6.07) is 15.8. The highest BCUT2D eigenvalue weighted by Gasteiger charge is 2.37. The molecule has 0 aromatic heterocycles. The number of para-hydroxylation sites is 1. The number of methoxy groups -OCH3 is 3. The van der Waals surface area contributed by atoms with Crippen LogP contribution in [0.25, 0.3) is 11.1 Å². The molecular formula is C21H18O6. The van der Waals surface area contributed by atoms with Crippen LogP contribution in [0.3, 0.4) is 0 Å². The van der Waals surface area contributed by atoms with Crippen molar-refractivity contribution in [3.05, 3.63) is 77.2 Å². The maximum atomic E-state index is 12.6. The van der Waals surface area contributed by atoms with Gasteiger partial charge in [-0.3, -0.25) is 0 Å². The molecular weight excluding hydrogens is 348 g/mol. The van der Waals surface area contributed by atoms with Crippen molar-refractivity contribution < 1.29 is 28.5 Å². The molecule has 0 spiro atoms. The van der Waals surface area contributed by atoms with Gasteiger partial charge in [-0.1, -0.05) is 48.5 Å². The van der Waals surface area contributed by atoms with Crippen molar-refractivity contribution in [3.8, 4) is 5.75 Å². The Hall–Kier alpha value is -3.54. The zero-order valence-electron chi connectivity index (χ0n) is 15.1. The predicted octanol–water partition coefficient (Wildman–Crippen LogP) is 3.19. The van der Waals surface area contributed by atoms with Crippen molar-refractivity contribution in [2.24, 2.45) is 0 Å². The Bertz CT molecular complexity index is 940. The molecule has 0 bridgehead atoms. The SMILES string of the molecule is COC(=O)/C(=C1/OC(=O)C(c2ccccc2)=C1OC)c1ccccc1OC. The van der Waals surface area contributed by atoms with Gasteiger partial charge in [-0.25, -0.2) is 9.59 Å². The number of esters is 2. The lowest BCUT2D eigenvalue weighted by molar-refractivity contribution is -0.134. The second-order valence-corrected chi connectivity index (χ2v) is 5.56. The van der Waals surface area contributed by atoms with Gasteiger partial charge in [0, 0.05) is 5.56 Å². The summed E-state index contributed by atoms with van der Waals surface area (Å²) in [4.78, 5) is 25.2. The molecule has 0 saturated heterocycles. The molecule has 1 heterocycles. The monoisotopic (exact) mass is 366 g/mol. The first kappa shape index (κ1) is 18.3. The van der Waals surface area contributed by atoms with Crippen molar-refractivity contribution in [2.75, 3.05) is 21.3 Å². The molecule has 0 amide bonds. The highest BCUT2D eigenvalue weighted by atomic mass is 16.6. The van der Waals surface area contributed by atoms with Crippen LogP contribution < -0.4 is 4.74 Å². The third kappa shape index (κ3) is 3.29. The first-order valence-electron chi connectivity index (χ1n) is 8.14. The predicted molar refractivity (Wildman–Crippen MR) is 98.4 cm³/mol. The van der Waals surface area contributed by atoms with E-state index in [0.29, 0.717) is 16.9 Å². The van der Waals surface area contributed by atoms with Gasteiger partial charge in [-0.2, -0.15) is 0 Å². The summed E-state index contributed by atoms with van der Waals surface area (Å²) in [6.45, 7) is 0.